The molecule has 0 saturated heterocycles. The Balaban J connectivity index is 1.45. The Bertz CT molecular complexity index is 1260. The quantitative estimate of drug-likeness (QED) is 0.508. The maximum atomic E-state index is 12.4. The monoisotopic (exact) mass is 409 g/mol. The average molecular weight is 409 g/mol. The molecule has 0 aliphatic heterocycles. The normalized spacial score (nSPS) is 10.8. The van der Waals surface area contributed by atoms with Crippen LogP contribution in [0, 0.1) is 6.92 Å². The molecule has 4 aromatic rings. The van der Waals surface area contributed by atoms with Gasteiger partial charge < -0.3 is 14.6 Å². The summed E-state index contributed by atoms with van der Waals surface area (Å²) in [4.78, 5) is 41.4. The van der Waals surface area contributed by atoms with Crippen LogP contribution in [0.5, 0.6) is 0 Å². The van der Waals surface area contributed by atoms with Crippen LogP contribution >= 0.6 is 11.3 Å². The fraction of sp³-hybridized carbons (Fsp3) is 0.100. The lowest BCUT2D eigenvalue weighted by molar-refractivity contribution is 0.0467. The first-order valence-electron chi connectivity index (χ1n) is 8.61. The summed E-state index contributed by atoms with van der Waals surface area (Å²) in [6, 6.07) is 12.8. The molecule has 0 saturated carbocycles. The second-order valence-electron chi connectivity index (χ2n) is 6.17. The molecule has 3 aromatic heterocycles. The summed E-state index contributed by atoms with van der Waals surface area (Å²) < 4.78 is 11.6. The molecule has 9 heteroatoms. The van der Waals surface area contributed by atoms with Crippen molar-refractivity contribution in [3.63, 3.8) is 0 Å². The van der Waals surface area contributed by atoms with E-state index < -0.39 is 11.5 Å². The van der Waals surface area contributed by atoms with Crippen LogP contribution in [0.1, 0.15) is 31.5 Å². The Morgan fingerprint density at radius 2 is 2.07 bits per heavy atom. The van der Waals surface area contributed by atoms with Crippen LogP contribution in [-0.4, -0.2) is 21.4 Å². The summed E-state index contributed by atoms with van der Waals surface area (Å²) in [6.45, 7) is 1.54. The largest absolute Gasteiger partial charge is 0.456 e. The number of fused-ring (bicyclic) bond motifs is 1. The fourth-order valence-corrected chi connectivity index (χ4v) is 3.31. The third-order valence-electron chi connectivity index (χ3n) is 3.98. The number of benzene rings is 1. The number of carbonyl (C=O) groups excluding carboxylic acids is 2. The number of esters is 1. The summed E-state index contributed by atoms with van der Waals surface area (Å²) in [6.07, 6.45) is 0. The van der Waals surface area contributed by atoms with Crippen LogP contribution in [0.3, 0.4) is 0 Å². The van der Waals surface area contributed by atoms with E-state index in [9.17, 15) is 14.4 Å². The molecule has 0 spiro atoms. The van der Waals surface area contributed by atoms with E-state index in [2.05, 4.69) is 10.3 Å². The van der Waals surface area contributed by atoms with Crippen molar-refractivity contribution in [2.24, 2.45) is 0 Å². The number of hydrogen-bond donors (Lipinski definition) is 1. The van der Waals surface area contributed by atoms with Crippen molar-refractivity contribution in [1.82, 2.24) is 9.56 Å². The number of carbonyl (C=O) groups is 2. The highest BCUT2D eigenvalue weighted by atomic mass is 32.1. The molecule has 1 aromatic carbocycles. The first kappa shape index (κ1) is 18.6. The summed E-state index contributed by atoms with van der Waals surface area (Å²) >= 11 is 1.33. The van der Waals surface area contributed by atoms with E-state index in [1.165, 1.54) is 23.5 Å². The molecule has 0 radical (unpaired) electrons. The lowest BCUT2D eigenvalue weighted by Crippen LogP contribution is -2.15. The van der Waals surface area contributed by atoms with Crippen molar-refractivity contribution in [3.8, 4) is 0 Å². The number of hydrogen-bond acceptors (Lipinski definition) is 7. The van der Waals surface area contributed by atoms with Gasteiger partial charge in [-0.3, -0.25) is 9.59 Å². The van der Waals surface area contributed by atoms with Gasteiger partial charge in [-0.2, -0.15) is 0 Å². The molecule has 8 nitrogen and oxygen atoms in total. The van der Waals surface area contributed by atoms with E-state index >= 15 is 0 Å². The Morgan fingerprint density at radius 3 is 2.86 bits per heavy atom. The number of thiophene rings is 1. The number of nitrogens with one attached hydrogen (secondary N) is 1. The van der Waals surface area contributed by atoms with Crippen molar-refractivity contribution in [2.75, 3.05) is 5.32 Å². The van der Waals surface area contributed by atoms with E-state index in [4.69, 9.17) is 9.26 Å². The van der Waals surface area contributed by atoms with Crippen molar-refractivity contribution >= 4 is 34.5 Å². The van der Waals surface area contributed by atoms with Crippen LogP contribution in [0.15, 0.2) is 63.2 Å². The van der Waals surface area contributed by atoms with Gasteiger partial charge in [0.25, 0.3) is 11.5 Å². The number of anilines is 1. The number of ether oxygens (including phenoxy) is 1. The van der Waals surface area contributed by atoms with Gasteiger partial charge >= 0.3 is 5.97 Å². The summed E-state index contributed by atoms with van der Waals surface area (Å²) in [7, 11) is 0. The highest BCUT2D eigenvalue weighted by Crippen LogP contribution is 2.16. The summed E-state index contributed by atoms with van der Waals surface area (Å²) in [5.41, 5.74) is 1.01. The van der Waals surface area contributed by atoms with Crippen LogP contribution < -0.4 is 10.9 Å². The van der Waals surface area contributed by atoms with Gasteiger partial charge in [-0.05, 0) is 36.6 Å². The van der Waals surface area contributed by atoms with Crippen molar-refractivity contribution in [2.45, 2.75) is 13.5 Å². The Morgan fingerprint density at radius 1 is 1.21 bits per heavy atom. The number of rotatable bonds is 5. The Hall–Kier alpha value is -3.72. The Kier molecular flexibility index (Phi) is 4.96. The van der Waals surface area contributed by atoms with Gasteiger partial charge in [0.15, 0.2) is 5.65 Å². The third-order valence-corrected chi connectivity index (χ3v) is 4.85. The zero-order valence-electron chi connectivity index (χ0n) is 15.2. The topological polar surface area (TPSA) is 103 Å². The molecule has 3 heterocycles. The average Bonchev–Trinajstić information content (AvgIpc) is 3.36. The highest BCUT2D eigenvalue weighted by Gasteiger charge is 2.13. The number of nitrogens with zero attached hydrogens (tertiary/aromatic N) is 2. The maximum absolute atomic E-state index is 12.4. The molecule has 1 N–H and O–H groups in total. The number of aryl methyl sites for hydroxylation is 1. The van der Waals surface area contributed by atoms with Gasteiger partial charge in [-0.1, -0.05) is 12.1 Å². The van der Waals surface area contributed by atoms with Gasteiger partial charge in [-0.25, -0.2) is 9.78 Å². The van der Waals surface area contributed by atoms with Gasteiger partial charge in [0.2, 0.25) is 0 Å². The van der Waals surface area contributed by atoms with Crippen LogP contribution in [0.4, 0.5) is 5.69 Å². The van der Waals surface area contributed by atoms with E-state index in [1.807, 2.05) is 5.38 Å². The van der Waals surface area contributed by atoms with Gasteiger partial charge in [0.05, 0.1) is 16.1 Å². The zero-order valence-corrected chi connectivity index (χ0v) is 16.1. The number of aromatic nitrogens is 2. The fourth-order valence-electron chi connectivity index (χ4n) is 2.69. The van der Waals surface area contributed by atoms with E-state index in [1.54, 1.807) is 43.3 Å². The maximum Gasteiger partial charge on any atom is 0.338 e. The number of amides is 1. The third kappa shape index (κ3) is 4.09. The standard InChI is InChI=1S/C20H15N3O5S/c1-12-8-17-21-15(10-18(24)23(17)28-12)11-27-20(26)13-4-2-5-14(9-13)22-19(25)16-6-3-7-29-16/h2-10H,11H2,1H3,(H,22,25). The van der Waals surface area contributed by atoms with E-state index in [0.29, 0.717) is 27.7 Å². The minimum absolute atomic E-state index is 0.166. The second kappa shape index (κ2) is 7.72. The smallest absolute Gasteiger partial charge is 0.338 e. The molecule has 29 heavy (non-hydrogen) atoms. The van der Waals surface area contributed by atoms with Gasteiger partial charge in [0, 0.05) is 17.8 Å². The molecule has 146 valence electrons. The minimum Gasteiger partial charge on any atom is -0.456 e. The molecule has 0 unspecified atom stereocenters. The molecular weight excluding hydrogens is 394 g/mol. The molecule has 0 aliphatic rings. The predicted molar refractivity (Wildman–Crippen MR) is 106 cm³/mol. The molecule has 0 fully saturated rings. The summed E-state index contributed by atoms with van der Waals surface area (Å²) in [5.74, 6) is -0.299. The first-order valence-corrected chi connectivity index (χ1v) is 9.49. The van der Waals surface area contributed by atoms with Gasteiger partial charge in [0.1, 0.15) is 12.4 Å². The Labute approximate surface area is 168 Å². The molecule has 0 bridgehead atoms. The molecule has 0 atom stereocenters. The highest BCUT2D eigenvalue weighted by molar-refractivity contribution is 7.12. The predicted octanol–water partition coefficient (Wildman–Crippen LogP) is 3.27. The van der Waals surface area contributed by atoms with E-state index in [0.717, 1.165) is 4.57 Å². The molecule has 0 aliphatic carbocycles. The van der Waals surface area contributed by atoms with Crippen LogP contribution in [0.25, 0.3) is 5.65 Å². The molecule has 1 amide bonds. The van der Waals surface area contributed by atoms with E-state index in [-0.39, 0.29) is 18.1 Å². The van der Waals surface area contributed by atoms with Crippen molar-refractivity contribution in [1.29, 1.82) is 0 Å². The minimum atomic E-state index is -0.595. The zero-order chi connectivity index (χ0) is 20.4. The SMILES string of the molecule is Cc1cc2nc(COC(=O)c3cccc(NC(=O)c4cccs4)c3)cc(=O)n2o1. The van der Waals surface area contributed by atoms with Gasteiger partial charge in [-0.15, -0.1) is 15.9 Å². The summed E-state index contributed by atoms with van der Waals surface area (Å²) in [5, 5.41) is 4.55. The second-order valence-corrected chi connectivity index (χ2v) is 7.12. The lowest BCUT2D eigenvalue weighted by atomic mass is 10.2. The molecular formula is C20H15N3O5S. The molecule has 4 rings (SSSR count). The lowest BCUT2D eigenvalue weighted by Gasteiger charge is -2.07. The van der Waals surface area contributed by atoms with Crippen LogP contribution in [0.2, 0.25) is 0 Å². The van der Waals surface area contributed by atoms with Crippen molar-refractivity contribution < 1.29 is 18.8 Å². The van der Waals surface area contributed by atoms with Crippen molar-refractivity contribution in [3.05, 3.63) is 86.2 Å². The first-order chi connectivity index (χ1) is 14.0. The van der Waals surface area contributed by atoms with Crippen LogP contribution in [-0.2, 0) is 11.3 Å².